The van der Waals surface area contributed by atoms with E-state index in [1.54, 1.807) is 37.4 Å². The molecule has 0 N–H and O–H groups in total. The highest BCUT2D eigenvalue weighted by Crippen LogP contribution is 2.27. The van der Waals surface area contributed by atoms with Crippen LogP contribution in [0.4, 0.5) is 4.39 Å². The topological polar surface area (TPSA) is 75.1 Å². The number of rotatable bonds is 8. The number of nitrogens with zero attached hydrogens (tertiary/aromatic N) is 4. The Kier molecular flexibility index (Phi) is 8.28. The second kappa shape index (κ2) is 11.4. The minimum absolute atomic E-state index is 0.0587. The first-order valence-electron chi connectivity index (χ1n) is 12.8. The molecule has 1 aliphatic rings. The van der Waals surface area contributed by atoms with Gasteiger partial charge in [0.2, 0.25) is 5.78 Å². The lowest BCUT2D eigenvalue weighted by Gasteiger charge is -2.44. The van der Waals surface area contributed by atoms with E-state index in [9.17, 15) is 18.8 Å². The van der Waals surface area contributed by atoms with Crippen LogP contribution in [0.25, 0.3) is 10.9 Å². The van der Waals surface area contributed by atoms with Crippen LogP contribution in [0.1, 0.15) is 40.1 Å². The number of methoxy groups -OCH3 is 1. The van der Waals surface area contributed by atoms with Gasteiger partial charge in [-0.25, -0.2) is 4.39 Å². The van der Waals surface area contributed by atoms with Gasteiger partial charge >= 0.3 is 0 Å². The van der Waals surface area contributed by atoms with Crippen LogP contribution in [0.15, 0.2) is 48.7 Å². The quantitative estimate of drug-likeness (QED) is 0.335. The number of aromatic nitrogens is 1. The third-order valence-corrected chi connectivity index (χ3v) is 7.19. The summed E-state index contributed by atoms with van der Waals surface area (Å²) in [5.41, 5.74) is 2.57. The Morgan fingerprint density at radius 1 is 1.03 bits per heavy atom. The summed E-state index contributed by atoms with van der Waals surface area (Å²) in [5.74, 6) is -1.60. The molecule has 2 aromatic carbocycles. The molecule has 202 valence electrons. The Morgan fingerprint density at radius 2 is 1.74 bits per heavy atom. The van der Waals surface area contributed by atoms with Gasteiger partial charge in [0.15, 0.2) is 0 Å². The molecule has 8 nitrogen and oxygen atoms in total. The molecule has 0 radical (unpaired) electrons. The van der Waals surface area contributed by atoms with Crippen molar-refractivity contribution in [3.05, 3.63) is 71.2 Å². The Hall–Kier alpha value is -3.56. The monoisotopic (exact) mass is 522 g/mol. The number of carbonyl (C=O) groups excluding carboxylic acids is 3. The van der Waals surface area contributed by atoms with Crippen molar-refractivity contribution in [1.82, 2.24) is 19.3 Å². The molecule has 1 aliphatic heterocycles. The summed E-state index contributed by atoms with van der Waals surface area (Å²) in [4.78, 5) is 44.4. The number of halogens is 1. The fraction of sp³-hybridized carbons (Fsp3) is 0.414. The van der Waals surface area contributed by atoms with Crippen molar-refractivity contribution < 1.29 is 23.5 Å². The fourth-order valence-corrected chi connectivity index (χ4v) is 4.99. The minimum Gasteiger partial charge on any atom is -0.383 e. The van der Waals surface area contributed by atoms with Crippen LogP contribution in [-0.4, -0.2) is 89.8 Å². The first-order chi connectivity index (χ1) is 18.1. The predicted molar refractivity (Wildman–Crippen MR) is 144 cm³/mol. The maximum atomic E-state index is 13.9. The molecule has 4 rings (SSSR count). The number of piperazine rings is 1. The van der Waals surface area contributed by atoms with Crippen molar-refractivity contribution >= 4 is 28.5 Å². The van der Waals surface area contributed by atoms with Crippen molar-refractivity contribution in [3.63, 3.8) is 0 Å². The number of hydrogen-bond donors (Lipinski definition) is 0. The largest absolute Gasteiger partial charge is 0.383 e. The Bertz CT molecular complexity index is 1330. The molecule has 1 fully saturated rings. The molecule has 0 bridgehead atoms. The number of carbonyl (C=O) groups is 3. The third kappa shape index (κ3) is 5.63. The van der Waals surface area contributed by atoms with Gasteiger partial charge < -0.3 is 19.1 Å². The van der Waals surface area contributed by atoms with Gasteiger partial charge in [0.1, 0.15) is 5.82 Å². The van der Waals surface area contributed by atoms with Crippen molar-refractivity contribution in [2.24, 2.45) is 0 Å². The number of ketones is 1. The summed E-state index contributed by atoms with van der Waals surface area (Å²) >= 11 is 0. The minimum atomic E-state index is -0.615. The molecular formula is C29H35FN4O4. The Labute approximate surface area is 222 Å². The van der Waals surface area contributed by atoms with E-state index in [0.717, 1.165) is 11.1 Å². The molecule has 3 aromatic rings. The lowest BCUT2D eigenvalue weighted by atomic mass is 10.0. The van der Waals surface area contributed by atoms with E-state index in [0.29, 0.717) is 43.7 Å². The molecule has 9 heteroatoms. The van der Waals surface area contributed by atoms with Crippen LogP contribution in [0.5, 0.6) is 0 Å². The molecule has 2 atom stereocenters. The zero-order valence-corrected chi connectivity index (χ0v) is 22.6. The van der Waals surface area contributed by atoms with E-state index in [2.05, 4.69) is 11.8 Å². The Balaban J connectivity index is 1.62. The summed E-state index contributed by atoms with van der Waals surface area (Å²) in [7, 11) is 4.69. The van der Waals surface area contributed by atoms with Gasteiger partial charge in [-0.15, -0.1) is 0 Å². The predicted octanol–water partition coefficient (Wildman–Crippen LogP) is 3.43. The average molecular weight is 523 g/mol. The van der Waals surface area contributed by atoms with Crippen LogP contribution in [0, 0.1) is 5.82 Å². The second-order valence-electron chi connectivity index (χ2n) is 10.2. The highest BCUT2D eigenvalue weighted by molar-refractivity contribution is 6.43. The first kappa shape index (κ1) is 27.5. The smallest absolute Gasteiger partial charge is 0.294 e. The summed E-state index contributed by atoms with van der Waals surface area (Å²) in [5, 5.41) is 0.636. The van der Waals surface area contributed by atoms with Gasteiger partial charge in [-0.3, -0.25) is 19.3 Å². The molecule has 0 saturated carbocycles. The molecule has 38 heavy (non-hydrogen) atoms. The maximum Gasteiger partial charge on any atom is 0.294 e. The van der Waals surface area contributed by atoms with Gasteiger partial charge in [-0.1, -0.05) is 12.1 Å². The molecule has 0 aliphatic carbocycles. The summed E-state index contributed by atoms with van der Waals surface area (Å²) < 4.78 is 20.5. The van der Waals surface area contributed by atoms with Crippen LogP contribution >= 0.6 is 0 Å². The zero-order chi connectivity index (χ0) is 27.6. The highest BCUT2D eigenvalue weighted by Gasteiger charge is 2.34. The number of amides is 2. The van der Waals surface area contributed by atoms with E-state index in [4.69, 9.17) is 4.74 Å². The number of likely N-dealkylation sites (N-methyl/N-ethyl adjacent to an activating group) is 1. The van der Waals surface area contributed by atoms with Gasteiger partial charge in [0.05, 0.1) is 12.2 Å². The van der Waals surface area contributed by atoms with E-state index < -0.39 is 11.7 Å². The van der Waals surface area contributed by atoms with E-state index >= 15 is 0 Å². The summed E-state index contributed by atoms with van der Waals surface area (Å²) in [6, 6.07) is 11.6. The molecule has 2 heterocycles. The van der Waals surface area contributed by atoms with Gasteiger partial charge in [-0.2, -0.15) is 0 Å². The molecule has 1 saturated heterocycles. The normalized spacial score (nSPS) is 18.1. The molecule has 1 aromatic heterocycles. The van der Waals surface area contributed by atoms with Crippen molar-refractivity contribution in [2.45, 2.75) is 39.0 Å². The van der Waals surface area contributed by atoms with Gasteiger partial charge in [-0.05, 0) is 49.7 Å². The lowest BCUT2D eigenvalue weighted by Crippen LogP contribution is -2.57. The van der Waals surface area contributed by atoms with Gasteiger partial charge in [0.25, 0.3) is 11.8 Å². The molecule has 2 amide bonds. The van der Waals surface area contributed by atoms with E-state index in [-0.39, 0.29) is 29.4 Å². The van der Waals surface area contributed by atoms with Crippen molar-refractivity contribution in [3.8, 4) is 0 Å². The summed E-state index contributed by atoms with van der Waals surface area (Å²) in [6.45, 7) is 7.00. The van der Waals surface area contributed by atoms with Crippen molar-refractivity contribution in [2.75, 3.05) is 40.9 Å². The van der Waals surface area contributed by atoms with Crippen LogP contribution in [0.2, 0.25) is 0 Å². The Morgan fingerprint density at radius 3 is 2.39 bits per heavy atom. The van der Waals surface area contributed by atoms with Crippen LogP contribution in [0.3, 0.4) is 0 Å². The number of fused-ring (bicyclic) bond motifs is 1. The van der Waals surface area contributed by atoms with Crippen LogP contribution in [-0.2, 0) is 22.6 Å². The van der Waals surface area contributed by atoms with Crippen LogP contribution < -0.4 is 0 Å². The first-order valence-corrected chi connectivity index (χ1v) is 12.8. The van der Waals surface area contributed by atoms with E-state index in [1.807, 2.05) is 22.6 Å². The molecule has 0 spiro atoms. The second-order valence-corrected chi connectivity index (χ2v) is 10.2. The number of Topliss-reactive ketones (excluding diaryl/α,β-unsaturated/α-hetero) is 1. The zero-order valence-electron chi connectivity index (χ0n) is 22.6. The maximum absolute atomic E-state index is 13.9. The lowest BCUT2D eigenvalue weighted by molar-refractivity contribution is -0.124. The SMILES string of the molecule is COCCn1cc(C(=O)N2C[C@H](C)N(Cc3ccc(F)cc3)C[C@H]2C)c2cc(C(=O)C(=O)N(C)C)ccc21. The highest BCUT2D eigenvalue weighted by atomic mass is 19.1. The molecule has 0 unspecified atom stereocenters. The standard InChI is InChI=1S/C29H35FN4O4/c1-19-16-34(20(2)15-33(19)17-21-6-9-23(30)10-7-21)28(36)25-18-32(12-13-38-5)26-11-8-22(14-24(25)26)27(35)29(37)31(3)4/h6-11,14,18-20H,12-13,15-17H2,1-5H3/t19-,20+/m0/s1. The number of hydrogen-bond acceptors (Lipinski definition) is 5. The third-order valence-electron chi connectivity index (χ3n) is 7.19. The molecular weight excluding hydrogens is 487 g/mol. The van der Waals surface area contributed by atoms with Gasteiger partial charge in [0, 0.05) is 82.1 Å². The van der Waals surface area contributed by atoms with Crippen molar-refractivity contribution in [1.29, 1.82) is 0 Å². The number of ether oxygens (including phenoxy) is 1. The van der Waals surface area contributed by atoms with E-state index in [1.165, 1.54) is 31.1 Å². The summed E-state index contributed by atoms with van der Waals surface area (Å²) in [6.07, 6.45) is 1.82. The average Bonchev–Trinajstić information content (AvgIpc) is 3.27. The fourth-order valence-electron chi connectivity index (χ4n) is 4.99. The number of benzene rings is 2.